The van der Waals surface area contributed by atoms with Crippen LogP contribution in [0.2, 0.25) is 0 Å². The maximum absolute atomic E-state index is 12.6. The first kappa shape index (κ1) is 19.8. The third-order valence-corrected chi connectivity index (χ3v) is 4.22. The molecule has 0 unspecified atom stereocenters. The molecule has 3 amide bonds. The summed E-state index contributed by atoms with van der Waals surface area (Å²) in [7, 11) is 0. The molecule has 0 fully saturated rings. The molecular formula is C23H21N3O3. The molecular weight excluding hydrogens is 366 g/mol. The Hall–Kier alpha value is -3.93. The van der Waals surface area contributed by atoms with Crippen molar-refractivity contribution in [2.45, 2.75) is 13.8 Å². The number of amides is 3. The predicted octanol–water partition coefficient (Wildman–Crippen LogP) is 4.46. The summed E-state index contributed by atoms with van der Waals surface area (Å²) in [5, 5.41) is 8.34. The first-order valence-electron chi connectivity index (χ1n) is 9.08. The van der Waals surface area contributed by atoms with Crippen molar-refractivity contribution in [2.24, 2.45) is 0 Å². The fourth-order valence-electron chi connectivity index (χ4n) is 2.76. The molecule has 0 bridgehead atoms. The smallest absolute Gasteiger partial charge is 0.255 e. The Morgan fingerprint density at radius 1 is 0.655 bits per heavy atom. The van der Waals surface area contributed by atoms with Gasteiger partial charge in [0.2, 0.25) is 5.91 Å². The Morgan fingerprint density at radius 2 is 1.31 bits per heavy atom. The summed E-state index contributed by atoms with van der Waals surface area (Å²) in [5.41, 5.74) is 3.53. The molecule has 0 atom stereocenters. The van der Waals surface area contributed by atoms with Gasteiger partial charge in [0.15, 0.2) is 0 Å². The van der Waals surface area contributed by atoms with Crippen molar-refractivity contribution in [2.75, 3.05) is 16.0 Å². The summed E-state index contributed by atoms with van der Waals surface area (Å²) < 4.78 is 0. The van der Waals surface area contributed by atoms with Gasteiger partial charge in [-0.3, -0.25) is 14.4 Å². The van der Waals surface area contributed by atoms with Crippen LogP contribution < -0.4 is 16.0 Å². The van der Waals surface area contributed by atoms with Gasteiger partial charge in [-0.1, -0.05) is 30.3 Å². The summed E-state index contributed by atoms with van der Waals surface area (Å²) in [4.78, 5) is 36.2. The Morgan fingerprint density at radius 3 is 2.03 bits per heavy atom. The molecule has 6 nitrogen and oxygen atoms in total. The number of carbonyl (C=O) groups is 3. The summed E-state index contributed by atoms with van der Waals surface area (Å²) in [6.45, 7) is 3.28. The van der Waals surface area contributed by atoms with E-state index in [0.717, 1.165) is 5.56 Å². The fraction of sp³-hybridized carbons (Fsp3) is 0.0870. The largest absolute Gasteiger partial charge is 0.326 e. The Kier molecular flexibility index (Phi) is 6.04. The van der Waals surface area contributed by atoms with Gasteiger partial charge in [0.1, 0.15) is 0 Å². The van der Waals surface area contributed by atoms with E-state index in [1.807, 2.05) is 19.1 Å². The summed E-state index contributed by atoms with van der Waals surface area (Å²) >= 11 is 0. The van der Waals surface area contributed by atoms with Crippen LogP contribution >= 0.6 is 0 Å². The maximum Gasteiger partial charge on any atom is 0.255 e. The molecule has 3 rings (SSSR count). The van der Waals surface area contributed by atoms with Crippen LogP contribution in [0.3, 0.4) is 0 Å². The lowest BCUT2D eigenvalue weighted by atomic mass is 10.1. The monoisotopic (exact) mass is 387 g/mol. The second kappa shape index (κ2) is 8.84. The molecule has 0 aliphatic heterocycles. The van der Waals surface area contributed by atoms with Crippen LogP contribution in [0.15, 0.2) is 72.8 Å². The fourth-order valence-corrected chi connectivity index (χ4v) is 2.76. The summed E-state index contributed by atoms with van der Waals surface area (Å²) in [6, 6.07) is 20.9. The van der Waals surface area contributed by atoms with Crippen LogP contribution in [0.25, 0.3) is 0 Å². The number of aryl methyl sites for hydroxylation is 1. The molecule has 0 saturated carbocycles. The highest BCUT2D eigenvalue weighted by atomic mass is 16.2. The molecule has 3 aromatic carbocycles. The average molecular weight is 387 g/mol. The van der Waals surface area contributed by atoms with Gasteiger partial charge in [-0.25, -0.2) is 0 Å². The van der Waals surface area contributed by atoms with Crippen LogP contribution in [-0.4, -0.2) is 17.7 Å². The number of hydrogen-bond donors (Lipinski definition) is 3. The van der Waals surface area contributed by atoms with E-state index >= 15 is 0 Å². The Labute approximate surface area is 169 Å². The van der Waals surface area contributed by atoms with Gasteiger partial charge < -0.3 is 16.0 Å². The van der Waals surface area contributed by atoms with E-state index in [1.54, 1.807) is 60.7 Å². The van der Waals surface area contributed by atoms with E-state index in [0.29, 0.717) is 28.2 Å². The zero-order valence-corrected chi connectivity index (χ0v) is 16.2. The zero-order chi connectivity index (χ0) is 20.8. The van der Waals surface area contributed by atoms with Crippen molar-refractivity contribution < 1.29 is 14.4 Å². The molecule has 0 heterocycles. The summed E-state index contributed by atoms with van der Waals surface area (Å²) in [6.07, 6.45) is 0. The van der Waals surface area contributed by atoms with Crippen molar-refractivity contribution in [3.8, 4) is 0 Å². The molecule has 29 heavy (non-hydrogen) atoms. The molecule has 6 heteroatoms. The third-order valence-electron chi connectivity index (χ3n) is 4.22. The Bertz CT molecular complexity index is 1060. The van der Waals surface area contributed by atoms with E-state index in [2.05, 4.69) is 16.0 Å². The predicted molar refractivity (Wildman–Crippen MR) is 114 cm³/mol. The van der Waals surface area contributed by atoms with Crippen molar-refractivity contribution in [1.29, 1.82) is 0 Å². The standard InChI is InChI=1S/C23H21N3O3/c1-15-11-12-20(25-22(28)17-7-4-3-5-8-17)14-21(15)26-23(29)18-9-6-10-19(13-18)24-16(2)27/h3-14H,1-2H3,(H,24,27)(H,25,28)(H,26,29). The van der Waals surface area contributed by atoms with Crippen LogP contribution in [-0.2, 0) is 4.79 Å². The zero-order valence-electron chi connectivity index (χ0n) is 16.2. The summed E-state index contributed by atoms with van der Waals surface area (Å²) in [5.74, 6) is -0.748. The number of benzene rings is 3. The molecule has 0 aliphatic rings. The van der Waals surface area contributed by atoms with E-state index in [-0.39, 0.29) is 17.7 Å². The SMILES string of the molecule is CC(=O)Nc1cccc(C(=O)Nc2cc(NC(=O)c3ccccc3)ccc2C)c1. The number of rotatable bonds is 5. The normalized spacial score (nSPS) is 10.1. The quantitative estimate of drug-likeness (QED) is 0.604. The number of hydrogen-bond acceptors (Lipinski definition) is 3. The topological polar surface area (TPSA) is 87.3 Å². The van der Waals surface area contributed by atoms with Gasteiger partial charge in [0.25, 0.3) is 11.8 Å². The highest BCUT2D eigenvalue weighted by Gasteiger charge is 2.11. The molecule has 3 N–H and O–H groups in total. The van der Waals surface area contributed by atoms with Crippen molar-refractivity contribution in [3.05, 3.63) is 89.5 Å². The first-order chi connectivity index (χ1) is 13.9. The van der Waals surface area contributed by atoms with Gasteiger partial charge in [-0.05, 0) is 55.0 Å². The molecule has 0 aromatic heterocycles. The second-order valence-electron chi connectivity index (χ2n) is 6.57. The molecule has 0 saturated heterocycles. The second-order valence-corrected chi connectivity index (χ2v) is 6.57. The average Bonchev–Trinajstić information content (AvgIpc) is 2.71. The minimum absolute atomic E-state index is 0.208. The van der Waals surface area contributed by atoms with Gasteiger partial charge >= 0.3 is 0 Å². The van der Waals surface area contributed by atoms with Gasteiger partial charge in [0, 0.05) is 35.1 Å². The lowest BCUT2D eigenvalue weighted by molar-refractivity contribution is -0.114. The van der Waals surface area contributed by atoms with Crippen LogP contribution in [0.4, 0.5) is 17.1 Å². The molecule has 146 valence electrons. The van der Waals surface area contributed by atoms with E-state index in [1.165, 1.54) is 6.92 Å². The van der Waals surface area contributed by atoms with Crippen LogP contribution in [0.1, 0.15) is 33.2 Å². The number of nitrogens with one attached hydrogen (secondary N) is 3. The highest BCUT2D eigenvalue weighted by molar-refractivity contribution is 6.07. The highest BCUT2D eigenvalue weighted by Crippen LogP contribution is 2.22. The lowest BCUT2D eigenvalue weighted by Crippen LogP contribution is -2.15. The minimum atomic E-state index is -0.313. The molecule has 0 radical (unpaired) electrons. The maximum atomic E-state index is 12.6. The number of carbonyl (C=O) groups excluding carboxylic acids is 3. The van der Waals surface area contributed by atoms with Crippen LogP contribution in [0, 0.1) is 6.92 Å². The number of anilines is 3. The van der Waals surface area contributed by atoms with E-state index < -0.39 is 0 Å². The van der Waals surface area contributed by atoms with Crippen molar-refractivity contribution in [1.82, 2.24) is 0 Å². The van der Waals surface area contributed by atoms with Gasteiger partial charge in [-0.15, -0.1) is 0 Å². The van der Waals surface area contributed by atoms with Gasteiger partial charge in [0.05, 0.1) is 0 Å². The van der Waals surface area contributed by atoms with E-state index in [9.17, 15) is 14.4 Å². The van der Waals surface area contributed by atoms with E-state index in [4.69, 9.17) is 0 Å². The first-order valence-corrected chi connectivity index (χ1v) is 9.08. The minimum Gasteiger partial charge on any atom is -0.326 e. The van der Waals surface area contributed by atoms with Crippen molar-refractivity contribution >= 4 is 34.8 Å². The van der Waals surface area contributed by atoms with Gasteiger partial charge in [-0.2, -0.15) is 0 Å². The lowest BCUT2D eigenvalue weighted by Gasteiger charge is -2.12. The molecule has 0 spiro atoms. The Balaban J connectivity index is 1.75. The molecule has 0 aliphatic carbocycles. The third kappa shape index (κ3) is 5.29. The van der Waals surface area contributed by atoms with Crippen LogP contribution in [0.5, 0.6) is 0 Å². The van der Waals surface area contributed by atoms with Crippen molar-refractivity contribution in [3.63, 3.8) is 0 Å². The molecule has 3 aromatic rings.